The first-order valence-corrected chi connectivity index (χ1v) is 6.92. The molecule has 3 atom stereocenters. The van der Waals surface area contributed by atoms with Gasteiger partial charge in [0, 0.05) is 18.9 Å². The van der Waals surface area contributed by atoms with Crippen molar-refractivity contribution in [2.45, 2.75) is 31.7 Å². The molecule has 0 spiro atoms. The third-order valence-electron chi connectivity index (χ3n) is 4.04. The van der Waals surface area contributed by atoms with Crippen molar-refractivity contribution in [3.8, 4) is 5.75 Å². The Labute approximate surface area is 126 Å². The fourth-order valence-corrected chi connectivity index (χ4v) is 2.68. The smallest absolute Gasteiger partial charge is 0.414 e. The summed E-state index contributed by atoms with van der Waals surface area (Å²) in [6, 6.07) is 6.64. The number of hydrogen-bond acceptors (Lipinski definition) is 3. The Morgan fingerprint density at radius 2 is 1.91 bits per heavy atom. The van der Waals surface area contributed by atoms with E-state index in [1.54, 1.807) is 31.2 Å². The molecule has 1 aliphatic heterocycles. The maximum atomic E-state index is 12.6. The molecular weight excluding hydrogens is 299 g/mol. The van der Waals surface area contributed by atoms with Crippen molar-refractivity contribution in [1.82, 2.24) is 4.90 Å². The van der Waals surface area contributed by atoms with Crippen molar-refractivity contribution in [2.75, 3.05) is 13.7 Å². The lowest BCUT2D eigenvalue weighted by atomic mass is 10.0. The van der Waals surface area contributed by atoms with Gasteiger partial charge in [-0.1, -0.05) is 12.1 Å². The first-order chi connectivity index (χ1) is 10.2. The summed E-state index contributed by atoms with van der Waals surface area (Å²) in [6.07, 6.45) is -7.46. The molecule has 0 saturated carbocycles. The highest BCUT2D eigenvalue weighted by Gasteiger charge is 2.48. The van der Waals surface area contributed by atoms with E-state index in [0.717, 1.165) is 5.56 Å². The Morgan fingerprint density at radius 1 is 1.32 bits per heavy atom. The van der Waals surface area contributed by atoms with Crippen molar-refractivity contribution in [3.05, 3.63) is 29.8 Å². The second kappa shape index (κ2) is 6.16. The topological polar surface area (TPSA) is 49.8 Å². The van der Waals surface area contributed by atoms with Crippen LogP contribution in [0.4, 0.5) is 13.2 Å². The van der Waals surface area contributed by atoms with Crippen LogP contribution in [0.1, 0.15) is 24.9 Å². The summed E-state index contributed by atoms with van der Waals surface area (Å²) in [6.45, 7) is 1.65. The predicted octanol–water partition coefficient (Wildman–Crippen LogP) is 2.53. The van der Waals surface area contributed by atoms with Crippen LogP contribution in [0, 0.1) is 5.92 Å². The summed E-state index contributed by atoms with van der Waals surface area (Å²) < 4.78 is 42.7. The Kier molecular flexibility index (Phi) is 4.65. The second-order valence-corrected chi connectivity index (χ2v) is 5.45. The number of methoxy groups -OCH3 is 1. The van der Waals surface area contributed by atoms with E-state index in [1.165, 1.54) is 12.0 Å². The van der Waals surface area contributed by atoms with E-state index < -0.39 is 18.2 Å². The van der Waals surface area contributed by atoms with Gasteiger partial charge in [0.2, 0.25) is 5.91 Å². The minimum absolute atomic E-state index is 0.104. The molecule has 1 aromatic rings. The van der Waals surface area contributed by atoms with Crippen LogP contribution in [0.2, 0.25) is 0 Å². The lowest BCUT2D eigenvalue weighted by molar-refractivity contribution is -0.218. The molecule has 1 aliphatic rings. The maximum Gasteiger partial charge on any atom is 0.414 e. The van der Waals surface area contributed by atoms with E-state index in [9.17, 15) is 23.1 Å². The highest BCUT2D eigenvalue weighted by molar-refractivity contribution is 5.79. The number of likely N-dealkylation sites (tertiary alicyclic amines) is 1. The summed E-state index contributed by atoms with van der Waals surface area (Å²) in [5.41, 5.74) is 0.802. The molecule has 1 fully saturated rings. The zero-order valence-electron chi connectivity index (χ0n) is 12.3. The Morgan fingerprint density at radius 3 is 2.41 bits per heavy atom. The largest absolute Gasteiger partial charge is 0.497 e. The summed E-state index contributed by atoms with van der Waals surface area (Å²) in [4.78, 5) is 13.4. The number of aliphatic hydroxyl groups excluding tert-OH is 1. The minimum Gasteiger partial charge on any atom is -0.497 e. The number of halogens is 3. The van der Waals surface area contributed by atoms with Gasteiger partial charge in [-0.3, -0.25) is 4.79 Å². The van der Waals surface area contributed by atoms with E-state index in [-0.39, 0.29) is 24.9 Å². The summed E-state index contributed by atoms with van der Waals surface area (Å²) in [7, 11) is 1.53. The van der Waals surface area contributed by atoms with E-state index in [4.69, 9.17) is 4.74 Å². The normalized spacial score (nSPS) is 21.8. The van der Waals surface area contributed by atoms with Crippen LogP contribution in [0.3, 0.4) is 0 Å². The average Bonchev–Trinajstić information content (AvgIpc) is 2.86. The minimum atomic E-state index is -4.70. The zero-order chi connectivity index (χ0) is 16.5. The summed E-state index contributed by atoms with van der Waals surface area (Å²) >= 11 is 0. The third kappa shape index (κ3) is 3.35. The quantitative estimate of drug-likeness (QED) is 0.928. The Bertz CT molecular complexity index is 530. The molecule has 22 heavy (non-hydrogen) atoms. The summed E-state index contributed by atoms with van der Waals surface area (Å²) in [5.74, 6) is -0.834. The number of rotatable bonds is 4. The van der Waals surface area contributed by atoms with Crippen molar-refractivity contribution in [3.63, 3.8) is 0 Å². The fraction of sp³-hybridized carbons (Fsp3) is 0.533. The van der Waals surface area contributed by atoms with Crippen LogP contribution in [0.5, 0.6) is 5.75 Å². The molecule has 1 N–H and O–H groups in total. The van der Waals surface area contributed by atoms with Crippen LogP contribution in [0.25, 0.3) is 0 Å². The highest BCUT2D eigenvalue weighted by atomic mass is 19.4. The van der Waals surface area contributed by atoms with Crippen molar-refractivity contribution < 1.29 is 27.8 Å². The van der Waals surface area contributed by atoms with E-state index in [2.05, 4.69) is 0 Å². The van der Waals surface area contributed by atoms with Gasteiger partial charge in [0.15, 0.2) is 6.10 Å². The molecule has 0 radical (unpaired) electrons. The molecule has 1 heterocycles. The highest BCUT2D eigenvalue weighted by Crippen LogP contribution is 2.35. The van der Waals surface area contributed by atoms with Crippen LogP contribution in [-0.4, -0.2) is 41.8 Å². The standard InChI is InChI=1S/C15H18F3NO3/c1-9(10-3-5-12(22-2)6-4-10)19-8-11(7-13(19)20)14(21)15(16,17)18/h3-6,9,11,14,21H,7-8H2,1-2H3/t9-,11-,14+/m1/s1. The monoisotopic (exact) mass is 317 g/mol. The van der Waals surface area contributed by atoms with E-state index >= 15 is 0 Å². The average molecular weight is 317 g/mol. The fourth-order valence-electron chi connectivity index (χ4n) is 2.68. The van der Waals surface area contributed by atoms with Gasteiger partial charge < -0.3 is 14.7 Å². The number of carbonyl (C=O) groups excluding carboxylic acids is 1. The van der Waals surface area contributed by atoms with Gasteiger partial charge in [-0.25, -0.2) is 0 Å². The van der Waals surface area contributed by atoms with Gasteiger partial charge in [-0.05, 0) is 24.6 Å². The number of nitrogens with zero attached hydrogens (tertiary/aromatic N) is 1. The van der Waals surface area contributed by atoms with Crippen LogP contribution in [0.15, 0.2) is 24.3 Å². The van der Waals surface area contributed by atoms with Gasteiger partial charge in [0.25, 0.3) is 0 Å². The number of ether oxygens (including phenoxy) is 1. The van der Waals surface area contributed by atoms with Gasteiger partial charge in [0.05, 0.1) is 13.2 Å². The number of aliphatic hydroxyl groups is 1. The Hall–Kier alpha value is -1.76. The van der Waals surface area contributed by atoms with Crippen LogP contribution >= 0.6 is 0 Å². The molecule has 0 bridgehead atoms. The molecule has 0 aliphatic carbocycles. The second-order valence-electron chi connectivity index (χ2n) is 5.45. The summed E-state index contributed by atoms with van der Waals surface area (Å²) in [5, 5.41) is 9.32. The molecule has 2 rings (SSSR count). The van der Waals surface area contributed by atoms with Gasteiger partial charge in [-0.2, -0.15) is 13.2 Å². The molecule has 1 aromatic carbocycles. The maximum absolute atomic E-state index is 12.6. The number of amides is 1. The third-order valence-corrected chi connectivity index (χ3v) is 4.04. The van der Waals surface area contributed by atoms with Crippen molar-refractivity contribution >= 4 is 5.91 Å². The van der Waals surface area contributed by atoms with E-state index in [0.29, 0.717) is 5.75 Å². The van der Waals surface area contributed by atoms with E-state index in [1.807, 2.05) is 0 Å². The molecule has 0 aromatic heterocycles. The molecule has 1 saturated heterocycles. The van der Waals surface area contributed by atoms with Gasteiger partial charge >= 0.3 is 6.18 Å². The van der Waals surface area contributed by atoms with Crippen LogP contribution < -0.4 is 4.74 Å². The SMILES string of the molecule is COc1ccc([C@@H](C)N2C[C@H]([C@H](O)C(F)(F)F)CC2=O)cc1. The van der Waals surface area contributed by atoms with Crippen LogP contribution in [-0.2, 0) is 4.79 Å². The molecule has 4 nitrogen and oxygen atoms in total. The van der Waals surface area contributed by atoms with Crippen molar-refractivity contribution in [1.29, 1.82) is 0 Å². The molecule has 7 heteroatoms. The first-order valence-electron chi connectivity index (χ1n) is 6.92. The molecule has 1 amide bonds. The Balaban J connectivity index is 2.10. The lowest BCUT2D eigenvalue weighted by Crippen LogP contribution is -2.37. The number of hydrogen-bond donors (Lipinski definition) is 1. The number of benzene rings is 1. The molecule has 0 unspecified atom stereocenters. The number of carbonyl (C=O) groups is 1. The molecular formula is C15H18F3NO3. The van der Waals surface area contributed by atoms with Crippen molar-refractivity contribution in [2.24, 2.45) is 5.92 Å². The lowest BCUT2D eigenvalue weighted by Gasteiger charge is -2.26. The number of alkyl halides is 3. The zero-order valence-corrected chi connectivity index (χ0v) is 12.3. The van der Waals surface area contributed by atoms with Gasteiger partial charge in [0.1, 0.15) is 5.75 Å². The first kappa shape index (κ1) is 16.6. The van der Waals surface area contributed by atoms with Gasteiger partial charge in [-0.15, -0.1) is 0 Å². The predicted molar refractivity (Wildman–Crippen MR) is 73.3 cm³/mol. The molecule has 122 valence electrons.